The molecule has 0 aliphatic rings. The molecule has 0 spiro atoms. The summed E-state index contributed by atoms with van der Waals surface area (Å²) in [4.78, 5) is 5.76. The van der Waals surface area contributed by atoms with Crippen LogP contribution in [0.1, 0.15) is 17.6 Å². The minimum absolute atomic E-state index is 0.0500. The number of pyridine rings is 1. The van der Waals surface area contributed by atoms with E-state index in [2.05, 4.69) is 26.8 Å². The summed E-state index contributed by atoms with van der Waals surface area (Å²) in [6, 6.07) is 7.80. The Labute approximate surface area is 166 Å². The standard InChI is InChI=1S/C19H20ClN5OS/c1-11(21)8-15-17(13-5-6-25(2)24-13)18-19(26-15)14(9-16(20)23-18)22-10-12-4-3-7-27-12/h3-7,9,11H,8,10,21H2,1-2H3,(H,22,23)/t11-/m0/s1. The fourth-order valence-electron chi connectivity index (χ4n) is 3.06. The number of hydrogen-bond donors (Lipinski definition) is 2. The van der Waals surface area contributed by atoms with Gasteiger partial charge in [0.05, 0.1) is 16.9 Å². The molecule has 0 unspecified atom stereocenters. The Bertz CT molecular complexity index is 1070. The van der Waals surface area contributed by atoms with Crippen molar-refractivity contribution < 1.29 is 4.42 Å². The van der Waals surface area contributed by atoms with Crippen LogP contribution >= 0.6 is 22.9 Å². The number of nitrogens with zero attached hydrogens (tertiary/aromatic N) is 3. The van der Waals surface area contributed by atoms with Gasteiger partial charge in [0.2, 0.25) is 0 Å². The molecule has 4 rings (SSSR count). The molecule has 0 bridgehead atoms. The summed E-state index contributed by atoms with van der Waals surface area (Å²) in [6.45, 7) is 2.64. The Morgan fingerprint density at radius 1 is 1.41 bits per heavy atom. The summed E-state index contributed by atoms with van der Waals surface area (Å²) in [6.07, 6.45) is 2.48. The highest BCUT2D eigenvalue weighted by atomic mass is 35.5. The number of fused-ring (bicyclic) bond motifs is 1. The molecule has 0 aliphatic heterocycles. The molecule has 4 aromatic rings. The smallest absolute Gasteiger partial charge is 0.176 e. The van der Waals surface area contributed by atoms with E-state index >= 15 is 0 Å². The molecule has 27 heavy (non-hydrogen) atoms. The van der Waals surface area contributed by atoms with E-state index in [9.17, 15) is 0 Å². The monoisotopic (exact) mass is 401 g/mol. The molecule has 6 nitrogen and oxygen atoms in total. The fourth-order valence-corrected chi connectivity index (χ4v) is 3.89. The number of aryl methyl sites for hydroxylation is 1. The van der Waals surface area contributed by atoms with Crippen molar-refractivity contribution in [2.75, 3.05) is 5.32 Å². The molecule has 0 radical (unpaired) electrons. The van der Waals surface area contributed by atoms with E-state index in [0.29, 0.717) is 29.2 Å². The zero-order chi connectivity index (χ0) is 19.0. The van der Waals surface area contributed by atoms with Crippen molar-refractivity contribution in [2.24, 2.45) is 12.8 Å². The van der Waals surface area contributed by atoms with Crippen molar-refractivity contribution in [1.29, 1.82) is 0 Å². The van der Waals surface area contributed by atoms with Gasteiger partial charge in [0.1, 0.15) is 16.4 Å². The molecule has 4 aromatic heterocycles. The van der Waals surface area contributed by atoms with Gasteiger partial charge in [0, 0.05) is 43.2 Å². The second-order valence-corrected chi connectivity index (χ2v) is 7.98. The van der Waals surface area contributed by atoms with Crippen molar-refractivity contribution in [2.45, 2.75) is 25.9 Å². The van der Waals surface area contributed by atoms with Crippen LogP contribution in [0.15, 0.2) is 40.3 Å². The Morgan fingerprint density at radius 2 is 2.26 bits per heavy atom. The fraction of sp³-hybridized carbons (Fsp3) is 0.263. The van der Waals surface area contributed by atoms with Gasteiger partial charge in [-0.2, -0.15) is 5.10 Å². The summed E-state index contributed by atoms with van der Waals surface area (Å²) in [5.41, 5.74) is 9.88. The van der Waals surface area contributed by atoms with E-state index in [1.54, 1.807) is 22.1 Å². The molecular formula is C19H20ClN5OS. The summed E-state index contributed by atoms with van der Waals surface area (Å²) in [5, 5.41) is 10.4. The zero-order valence-corrected chi connectivity index (χ0v) is 16.6. The minimum Gasteiger partial charge on any atom is -0.456 e. The largest absolute Gasteiger partial charge is 0.456 e. The van der Waals surface area contributed by atoms with Gasteiger partial charge in [-0.3, -0.25) is 4.68 Å². The number of aromatic nitrogens is 3. The average molecular weight is 402 g/mol. The molecule has 4 heterocycles. The highest BCUT2D eigenvalue weighted by Crippen LogP contribution is 2.38. The lowest BCUT2D eigenvalue weighted by atomic mass is 10.1. The quantitative estimate of drug-likeness (QED) is 0.466. The lowest BCUT2D eigenvalue weighted by molar-refractivity contribution is 0.527. The predicted molar refractivity (Wildman–Crippen MR) is 110 cm³/mol. The van der Waals surface area contributed by atoms with E-state index in [1.165, 1.54) is 4.88 Å². The Hall–Kier alpha value is -2.35. The second-order valence-electron chi connectivity index (χ2n) is 6.56. The number of rotatable bonds is 6. The molecule has 8 heteroatoms. The van der Waals surface area contributed by atoms with Crippen LogP contribution in [0.3, 0.4) is 0 Å². The Morgan fingerprint density at radius 3 is 2.93 bits per heavy atom. The molecular weight excluding hydrogens is 382 g/mol. The Kier molecular flexibility index (Phi) is 4.90. The van der Waals surface area contributed by atoms with E-state index in [4.69, 9.17) is 21.8 Å². The van der Waals surface area contributed by atoms with Gasteiger partial charge in [0.25, 0.3) is 0 Å². The molecule has 3 N–H and O–H groups in total. The maximum atomic E-state index is 6.32. The van der Waals surface area contributed by atoms with Crippen LogP contribution < -0.4 is 11.1 Å². The molecule has 1 atom stereocenters. The van der Waals surface area contributed by atoms with Gasteiger partial charge in [0.15, 0.2) is 5.58 Å². The molecule has 0 saturated carbocycles. The molecule has 0 aromatic carbocycles. The van der Waals surface area contributed by atoms with Crippen LogP contribution in [0.25, 0.3) is 22.4 Å². The highest BCUT2D eigenvalue weighted by molar-refractivity contribution is 7.09. The number of hydrogen-bond acceptors (Lipinski definition) is 6. The lowest BCUT2D eigenvalue weighted by Crippen LogP contribution is -2.17. The van der Waals surface area contributed by atoms with Crippen molar-refractivity contribution in [3.63, 3.8) is 0 Å². The van der Waals surface area contributed by atoms with Gasteiger partial charge in [-0.25, -0.2) is 4.98 Å². The maximum absolute atomic E-state index is 6.32. The van der Waals surface area contributed by atoms with Crippen LogP contribution in [0.4, 0.5) is 5.69 Å². The number of thiophene rings is 1. The van der Waals surface area contributed by atoms with E-state index < -0.39 is 0 Å². The molecule has 0 saturated heterocycles. The van der Waals surface area contributed by atoms with Gasteiger partial charge in [-0.15, -0.1) is 11.3 Å². The Balaban J connectivity index is 1.84. The lowest BCUT2D eigenvalue weighted by Gasteiger charge is -2.06. The van der Waals surface area contributed by atoms with E-state index in [-0.39, 0.29) is 6.04 Å². The topological polar surface area (TPSA) is 81.9 Å². The van der Waals surface area contributed by atoms with Crippen LogP contribution in [0.2, 0.25) is 5.15 Å². The summed E-state index contributed by atoms with van der Waals surface area (Å²) >= 11 is 8.02. The number of anilines is 1. The van der Waals surface area contributed by atoms with Gasteiger partial charge in [-0.05, 0) is 24.4 Å². The summed E-state index contributed by atoms with van der Waals surface area (Å²) < 4.78 is 7.97. The SMILES string of the molecule is C[C@H](N)Cc1oc2c(NCc3cccs3)cc(Cl)nc2c1-c1ccn(C)n1. The van der Waals surface area contributed by atoms with Gasteiger partial charge < -0.3 is 15.5 Å². The normalized spacial score (nSPS) is 12.6. The first-order chi connectivity index (χ1) is 13.0. The van der Waals surface area contributed by atoms with Gasteiger partial charge in [-0.1, -0.05) is 17.7 Å². The molecule has 0 fully saturated rings. The third-order valence-corrected chi connectivity index (χ3v) is 5.26. The van der Waals surface area contributed by atoms with E-state index in [0.717, 1.165) is 22.7 Å². The summed E-state index contributed by atoms with van der Waals surface area (Å²) in [7, 11) is 1.88. The number of furan rings is 1. The highest BCUT2D eigenvalue weighted by Gasteiger charge is 2.23. The zero-order valence-electron chi connectivity index (χ0n) is 15.1. The molecule has 0 amide bonds. The van der Waals surface area contributed by atoms with Crippen molar-refractivity contribution in [3.8, 4) is 11.3 Å². The van der Waals surface area contributed by atoms with Crippen LogP contribution in [-0.4, -0.2) is 20.8 Å². The van der Waals surface area contributed by atoms with Gasteiger partial charge >= 0.3 is 0 Å². The first-order valence-electron chi connectivity index (χ1n) is 8.65. The third-order valence-electron chi connectivity index (χ3n) is 4.19. The van der Waals surface area contributed by atoms with Crippen molar-refractivity contribution >= 4 is 39.7 Å². The molecule has 0 aliphatic carbocycles. The minimum atomic E-state index is -0.0500. The number of nitrogens with two attached hydrogens (primary N) is 1. The van der Waals surface area contributed by atoms with E-state index in [1.807, 2.05) is 32.3 Å². The maximum Gasteiger partial charge on any atom is 0.176 e. The third kappa shape index (κ3) is 3.71. The van der Waals surface area contributed by atoms with Crippen LogP contribution in [0.5, 0.6) is 0 Å². The second kappa shape index (κ2) is 7.34. The average Bonchev–Trinajstić information content (AvgIpc) is 3.32. The first-order valence-corrected chi connectivity index (χ1v) is 9.91. The summed E-state index contributed by atoms with van der Waals surface area (Å²) in [5.74, 6) is 0.771. The van der Waals surface area contributed by atoms with Crippen LogP contribution in [-0.2, 0) is 20.0 Å². The predicted octanol–water partition coefficient (Wildman–Crippen LogP) is 4.45. The number of halogens is 1. The van der Waals surface area contributed by atoms with Crippen molar-refractivity contribution in [3.05, 3.63) is 51.6 Å². The number of nitrogens with one attached hydrogen (secondary N) is 1. The first kappa shape index (κ1) is 18.0. The van der Waals surface area contributed by atoms with Crippen LogP contribution in [0, 0.1) is 0 Å². The molecule has 140 valence electrons. The van der Waals surface area contributed by atoms with Crippen molar-refractivity contribution in [1.82, 2.24) is 14.8 Å².